The standard InChI is InChI=1S/C21H23N5O2/c1-11-4-5-23-9-14(11)17-6-12-7-18(24-10-15(12)19(22)25-17)26-20(27)13-8-16(13)21(2,3)28/h4-7,9-10,13,16,28H,8H2,1-3H3,(H2,22,25)(H,24,26,27)/t13-,16-/m1/s1. The van der Waals surface area contributed by atoms with Gasteiger partial charge in [-0.1, -0.05) is 0 Å². The van der Waals surface area contributed by atoms with Gasteiger partial charge in [0.15, 0.2) is 0 Å². The van der Waals surface area contributed by atoms with E-state index in [1.165, 1.54) is 0 Å². The maximum Gasteiger partial charge on any atom is 0.229 e. The van der Waals surface area contributed by atoms with Crippen LogP contribution in [0.2, 0.25) is 0 Å². The van der Waals surface area contributed by atoms with Gasteiger partial charge in [-0.15, -0.1) is 0 Å². The molecule has 0 aromatic carbocycles. The predicted molar refractivity (Wildman–Crippen MR) is 108 cm³/mol. The number of carbonyl (C=O) groups excluding carboxylic acids is 1. The monoisotopic (exact) mass is 377 g/mol. The van der Waals surface area contributed by atoms with Gasteiger partial charge in [0.05, 0.1) is 11.3 Å². The lowest BCUT2D eigenvalue weighted by atomic mass is 10.0. The number of nitrogens with one attached hydrogen (secondary N) is 1. The quantitative estimate of drug-likeness (QED) is 0.644. The summed E-state index contributed by atoms with van der Waals surface area (Å²) in [5.41, 5.74) is 7.97. The molecule has 1 saturated carbocycles. The highest BCUT2D eigenvalue weighted by Crippen LogP contribution is 2.46. The van der Waals surface area contributed by atoms with Crippen molar-refractivity contribution < 1.29 is 9.90 Å². The van der Waals surface area contributed by atoms with Gasteiger partial charge in [-0.25, -0.2) is 9.97 Å². The van der Waals surface area contributed by atoms with Crippen molar-refractivity contribution in [1.29, 1.82) is 0 Å². The zero-order valence-corrected chi connectivity index (χ0v) is 16.1. The molecule has 28 heavy (non-hydrogen) atoms. The summed E-state index contributed by atoms with van der Waals surface area (Å²) in [5.74, 6) is 0.509. The van der Waals surface area contributed by atoms with Crippen LogP contribution in [-0.2, 0) is 4.79 Å². The molecule has 0 spiro atoms. The van der Waals surface area contributed by atoms with Gasteiger partial charge < -0.3 is 16.2 Å². The number of carbonyl (C=O) groups is 1. The predicted octanol–water partition coefficient (Wildman–Crippen LogP) is 2.93. The molecule has 2 atom stereocenters. The largest absolute Gasteiger partial charge is 0.390 e. The number of fused-ring (bicyclic) bond motifs is 1. The van der Waals surface area contributed by atoms with Crippen molar-refractivity contribution in [3.8, 4) is 11.3 Å². The number of anilines is 2. The molecular weight excluding hydrogens is 354 g/mol. The van der Waals surface area contributed by atoms with E-state index >= 15 is 0 Å². The lowest BCUT2D eigenvalue weighted by Gasteiger charge is -2.16. The number of nitrogens with zero attached hydrogens (tertiary/aromatic N) is 3. The molecule has 7 nitrogen and oxygen atoms in total. The Hall–Kier alpha value is -3.06. The third-order valence-corrected chi connectivity index (χ3v) is 5.35. The molecule has 3 aromatic heterocycles. The van der Waals surface area contributed by atoms with E-state index in [-0.39, 0.29) is 17.7 Å². The van der Waals surface area contributed by atoms with Gasteiger partial charge in [0.25, 0.3) is 0 Å². The number of hydrogen-bond donors (Lipinski definition) is 3. The van der Waals surface area contributed by atoms with Gasteiger partial charge in [0, 0.05) is 35.5 Å². The van der Waals surface area contributed by atoms with E-state index in [0.717, 1.165) is 27.6 Å². The second-order valence-electron chi connectivity index (χ2n) is 7.97. The first-order valence-corrected chi connectivity index (χ1v) is 9.24. The van der Waals surface area contributed by atoms with E-state index in [9.17, 15) is 9.90 Å². The van der Waals surface area contributed by atoms with Crippen LogP contribution >= 0.6 is 0 Å². The molecule has 0 radical (unpaired) electrons. The van der Waals surface area contributed by atoms with Gasteiger partial charge in [-0.3, -0.25) is 9.78 Å². The number of aryl methyl sites for hydroxylation is 1. The Morgan fingerprint density at radius 3 is 2.79 bits per heavy atom. The highest BCUT2D eigenvalue weighted by molar-refractivity contribution is 5.98. The van der Waals surface area contributed by atoms with Gasteiger partial charge in [-0.05, 0) is 62.3 Å². The third-order valence-electron chi connectivity index (χ3n) is 5.35. The average molecular weight is 377 g/mol. The smallest absolute Gasteiger partial charge is 0.229 e. The van der Waals surface area contributed by atoms with E-state index in [1.807, 2.05) is 19.1 Å². The van der Waals surface area contributed by atoms with Crippen molar-refractivity contribution in [3.63, 3.8) is 0 Å². The molecule has 1 aliphatic carbocycles. The molecule has 7 heteroatoms. The number of aromatic nitrogens is 3. The third kappa shape index (κ3) is 3.41. The maximum absolute atomic E-state index is 12.5. The summed E-state index contributed by atoms with van der Waals surface area (Å²) in [4.78, 5) is 25.4. The molecule has 4 rings (SSSR count). The lowest BCUT2D eigenvalue weighted by Crippen LogP contribution is -2.26. The highest BCUT2D eigenvalue weighted by atomic mass is 16.3. The summed E-state index contributed by atoms with van der Waals surface area (Å²) in [7, 11) is 0. The molecule has 1 fully saturated rings. The van der Waals surface area contributed by atoms with Crippen LogP contribution in [0.5, 0.6) is 0 Å². The Labute approximate surface area is 163 Å². The Morgan fingerprint density at radius 1 is 1.32 bits per heavy atom. The molecule has 3 aromatic rings. The minimum atomic E-state index is -0.852. The lowest BCUT2D eigenvalue weighted by molar-refractivity contribution is -0.118. The first-order chi connectivity index (χ1) is 13.2. The summed E-state index contributed by atoms with van der Waals surface area (Å²) in [5, 5.41) is 14.5. The molecule has 0 unspecified atom stereocenters. The Balaban J connectivity index is 1.63. The topological polar surface area (TPSA) is 114 Å². The van der Waals surface area contributed by atoms with E-state index in [0.29, 0.717) is 18.1 Å². The Kier molecular flexibility index (Phi) is 4.27. The van der Waals surface area contributed by atoms with Crippen LogP contribution in [0.3, 0.4) is 0 Å². The highest BCUT2D eigenvalue weighted by Gasteiger charge is 2.51. The zero-order valence-electron chi connectivity index (χ0n) is 16.1. The number of nitrogens with two attached hydrogens (primary N) is 1. The molecule has 1 amide bonds. The van der Waals surface area contributed by atoms with Gasteiger partial charge in [-0.2, -0.15) is 0 Å². The van der Waals surface area contributed by atoms with Crippen molar-refractivity contribution >= 4 is 28.3 Å². The fourth-order valence-corrected chi connectivity index (χ4v) is 3.60. The molecule has 0 aliphatic heterocycles. The van der Waals surface area contributed by atoms with Crippen LogP contribution in [0.1, 0.15) is 25.8 Å². The Morgan fingerprint density at radius 2 is 2.11 bits per heavy atom. The number of rotatable bonds is 4. The van der Waals surface area contributed by atoms with Crippen molar-refractivity contribution in [2.45, 2.75) is 32.8 Å². The van der Waals surface area contributed by atoms with Crippen molar-refractivity contribution in [1.82, 2.24) is 15.0 Å². The zero-order chi connectivity index (χ0) is 20.1. The van der Waals surface area contributed by atoms with E-state index in [2.05, 4.69) is 20.3 Å². The van der Waals surface area contributed by atoms with Crippen molar-refractivity contribution in [2.24, 2.45) is 11.8 Å². The van der Waals surface area contributed by atoms with E-state index < -0.39 is 5.60 Å². The molecular formula is C21H23N5O2. The molecule has 3 heterocycles. The van der Waals surface area contributed by atoms with Crippen LogP contribution < -0.4 is 11.1 Å². The Bertz CT molecular complexity index is 1070. The fraction of sp³-hybridized carbons (Fsp3) is 0.333. The van der Waals surface area contributed by atoms with Crippen molar-refractivity contribution in [2.75, 3.05) is 11.1 Å². The minimum absolute atomic E-state index is 0.0204. The van der Waals surface area contributed by atoms with Gasteiger partial charge in [0.1, 0.15) is 11.6 Å². The summed E-state index contributed by atoms with van der Waals surface area (Å²) < 4.78 is 0. The van der Waals surface area contributed by atoms with Crippen LogP contribution in [-0.4, -0.2) is 31.6 Å². The molecule has 144 valence electrons. The van der Waals surface area contributed by atoms with E-state index in [1.54, 1.807) is 38.5 Å². The summed E-state index contributed by atoms with van der Waals surface area (Å²) in [6.07, 6.45) is 5.80. The normalized spacial score (nSPS) is 18.9. The summed E-state index contributed by atoms with van der Waals surface area (Å²) >= 11 is 0. The molecule has 0 saturated heterocycles. The number of aliphatic hydroxyl groups is 1. The number of amides is 1. The average Bonchev–Trinajstić information content (AvgIpc) is 3.43. The first kappa shape index (κ1) is 18.3. The van der Waals surface area contributed by atoms with Crippen LogP contribution in [0.4, 0.5) is 11.6 Å². The number of nitrogen functional groups attached to an aromatic ring is 1. The summed E-state index contributed by atoms with van der Waals surface area (Å²) in [6, 6.07) is 5.63. The van der Waals surface area contributed by atoms with E-state index in [4.69, 9.17) is 5.73 Å². The molecule has 4 N–H and O–H groups in total. The van der Waals surface area contributed by atoms with Crippen molar-refractivity contribution in [3.05, 3.63) is 42.4 Å². The maximum atomic E-state index is 12.5. The first-order valence-electron chi connectivity index (χ1n) is 9.24. The molecule has 0 bridgehead atoms. The summed E-state index contributed by atoms with van der Waals surface area (Å²) in [6.45, 7) is 5.46. The number of pyridine rings is 3. The van der Waals surface area contributed by atoms with Crippen LogP contribution in [0, 0.1) is 18.8 Å². The SMILES string of the molecule is Cc1ccncc1-c1cc2cc(NC(=O)[C@@H]3C[C@H]3C(C)(C)O)ncc2c(N)n1. The minimum Gasteiger partial charge on any atom is -0.390 e. The van der Waals surface area contributed by atoms with Gasteiger partial charge in [0.2, 0.25) is 5.91 Å². The second-order valence-corrected chi connectivity index (χ2v) is 7.97. The molecule has 1 aliphatic rings. The number of hydrogen-bond acceptors (Lipinski definition) is 6. The van der Waals surface area contributed by atoms with Crippen LogP contribution in [0.15, 0.2) is 36.8 Å². The van der Waals surface area contributed by atoms with Gasteiger partial charge >= 0.3 is 0 Å². The van der Waals surface area contributed by atoms with Crippen LogP contribution in [0.25, 0.3) is 22.0 Å². The fourth-order valence-electron chi connectivity index (χ4n) is 3.60. The second kappa shape index (κ2) is 6.53.